The standard InChI is InChI=1S/C16H20N2O2S/c19-14(15-9-5-11-21-15)12-18-16(20)17-10-4-8-13-6-2-1-3-7-13/h1-3,5-7,9,11,14,19H,4,8,10,12H2,(H2,17,18,20). The van der Waals surface area contributed by atoms with Gasteiger partial charge in [0.15, 0.2) is 0 Å². The van der Waals surface area contributed by atoms with Gasteiger partial charge in [0, 0.05) is 11.4 Å². The number of urea groups is 1. The minimum atomic E-state index is -0.639. The zero-order chi connectivity index (χ0) is 14.9. The first-order valence-electron chi connectivity index (χ1n) is 7.03. The van der Waals surface area contributed by atoms with Crippen molar-refractivity contribution in [2.24, 2.45) is 0 Å². The van der Waals surface area contributed by atoms with E-state index in [9.17, 15) is 9.90 Å². The summed E-state index contributed by atoms with van der Waals surface area (Å²) in [5, 5.41) is 17.2. The largest absolute Gasteiger partial charge is 0.386 e. The van der Waals surface area contributed by atoms with E-state index < -0.39 is 6.10 Å². The van der Waals surface area contributed by atoms with Gasteiger partial charge >= 0.3 is 6.03 Å². The molecule has 21 heavy (non-hydrogen) atoms. The summed E-state index contributed by atoms with van der Waals surface area (Å²) in [6, 6.07) is 13.7. The molecule has 2 rings (SSSR count). The molecule has 0 aliphatic rings. The van der Waals surface area contributed by atoms with Crippen LogP contribution in [0.4, 0.5) is 4.79 Å². The van der Waals surface area contributed by atoms with Crippen molar-refractivity contribution in [1.82, 2.24) is 10.6 Å². The fraction of sp³-hybridized carbons (Fsp3) is 0.312. The van der Waals surface area contributed by atoms with Crippen LogP contribution in [0.3, 0.4) is 0 Å². The highest BCUT2D eigenvalue weighted by molar-refractivity contribution is 7.10. The number of amides is 2. The third kappa shape index (κ3) is 5.57. The van der Waals surface area contributed by atoms with E-state index in [1.54, 1.807) is 0 Å². The monoisotopic (exact) mass is 304 g/mol. The molecule has 0 aliphatic carbocycles. The van der Waals surface area contributed by atoms with Crippen LogP contribution in [-0.4, -0.2) is 24.2 Å². The van der Waals surface area contributed by atoms with Crippen molar-refractivity contribution < 1.29 is 9.90 Å². The zero-order valence-corrected chi connectivity index (χ0v) is 12.6. The average Bonchev–Trinajstić information content (AvgIpc) is 3.05. The first kappa shape index (κ1) is 15.5. The average molecular weight is 304 g/mol. The Morgan fingerprint density at radius 2 is 1.95 bits per heavy atom. The predicted octanol–water partition coefficient (Wildman–Crippen LogP) is 2.71. The highest BCUT2D eigenvalue weighted by Crippen LogP contribution is 2.17. The molecule has 0 bridgehead atoms. The maximum Gasteiger partial charge on any atom is 0.314 e. The molecule has 1 aromatic heterocycles. The molecule has 0 saturated heterocycles. The number of aliphatic hydroxyl groups is 1. The number of aliphatic hydroxyl groups excluding tert-OH is 1. The van der Waals surface area contributed by atoms with Gasteiger partial charge in [-0.15, -0.1) is 11.3 Å². The van der Waals surface area contributed by atoms with Crippen LogP contribution in [0.15, 0.2) is 47.8 Å². The van der Waals surface area contributed by atoms with E-state index in [2.05, 4.69) is 22.8 Å². The number of hydrogen-bond donors (Lipinski definition) is 3. The van der Waals surface area contributed by atoms with Crippen LogP contribution >= 0.6 is 11.3 Å². The lowest BCUT2D eigenvalue weighted by Crippen LogP contribution is -2.38. The Bertz CT molecular complexity index is 528. The van der Waals surface area contributed by atoms with E-state index in [0.29, 0.717) is 6.54 Å². The highest BCUT2D eigenvalue weighted by atomic mass is 32.1. The van der Waals surface area contributed by atoms with Gasteiger partial charge in [0.25, 0.3) is 0 Å². The Labute approximate surface area is 128 Å². The van der Waals surface area contributed by atoms with Gasteiger partial charge in [0.2, 0.25) is 0 Å². The second-order valence-electron chi connectivity index (χ2n) is 4.76. The first-order chi connectivity index (χ1) is 10.3. The molecule has 1 unspecified atom stereocenters. The molecule has 0 saturated carbocycles. The maximum absolute atomic E-state index is 11.6. The lowest BCUT2D eigenvalue weighted by Gasteiger charge is -2.11. The zero-order valence-electron chi connectivity index (χ0n) is 11.8. The molecule has 2 amide bonds. The lowest BCUT2D eigenvalue weighted by molar-refractivity contribution is 0.176. The molecular formula is C16H20N2O2S. The second-order valence-corrected chi connectivity index (χ2v) is 5.74. The van der Waals surface area contributed by atoms with Crippen molar-refractivity contribution in [2.75, 3.05) is 13.1 Å². The summed E-state index contributed by atoms with van der Waals surface area (Å²) in [6.07, 6.45) is 1.20. The molecule has 0 radical (unpaired) electrons. The number of nitrogens with one attached hydrogen (secondary N) is 2. The van der Waals surface area contributed by atoms with E-state index in [1.807, 2.05) is 35.7 Å². The van der Waals surface area contributed by atoms with E-state index in [-0.39, 0.29) is 12.6 Å². The first-order valence-corrected chi connectivity index (χ1v) is 7.91. The molecule has 5 heteroatoms. The normalized spacial score (nSPS) is 11.9. The van der Waals surface area contributed by atoms with Gasteiger partial charge in [0.1, 0.15) is 6.10 Å². The molecule has 3 N–H and O–H groups in total. The van der Waals surface area contributed by atoms with Crippen molar-refractivity contribution in [2.45, 2.75) is 18.9 Å². The Morgan fingerprint density at radius 3 is 2.67 bits per heavy atom. The molecule has 1 aromatic carbocycles. The van der Waals surface area contributed by atoms with E-state index >= 15 is 0 Å². The fourth-order valence-electron chi connectivity index (χ4n) is 1.97. The van der Waals surface area contributed by atoms with Gasteiger partial charge in [-0.3, -0.25) is 0 Å². The van der Waals surface area contributed by atoms with Gasteiger partial charge in [-0.05, 0) is 29.9 Å². The molecular weight excluding hydrogens is 284 g/mol. The minimum Gasteiger partial charge on any atom is -0.386 e. The number of carbonyl (C=O) groups is 1. The van der Waals surface area contributed by atoms with Crippen LogP contribution in [0.2, 0.25) is 0 Å². The highest BCUT2D eigenvalue weighted by Gasteiger charge is 2.09. The van der Waals surface area contributed by atoms with Crippen LogP contribution in [0.25, 0.3) is 0 Å². The maximum atomic E-state index is 11.6. The second kappa shape index (κ2) is 8.44. The van der Waals surface area contributed by atoms with Crippen molar-refractivity contribution in [1.29, 1.82) is 0 Å². The van der Waals surface area contributed by atoms with Crippen LogP contribution in [-0.2, 0) is 6.42 Å². The Morgan fingerprint density at radius 1 is 1.14 bits per heavy atom. The SMILES string of the molecule is O=C(NCCCc1ccccc1)NCC(O)c1cccs1. The van der Waals surface area contributed by atoms with Gasteiger partial charge in [-0.1, -0.05) is 36.4 Å². The summed E-state index contributed by atoms with van der Waals surface area (Å²) in [5.41, 5.74) is 1.27. The molecule has 112 valence electrons. The number of thiophene rings is 1. The Balaban J connectivity index is 1.57. The molecule has 0 aliphatic heterocycles. The number of rotatable bonds is 7. The molecule has 1 atom stereocenters. The number of carbonyl (C=O) groups excluding carboxylic acids is 1. The van der Waals surface area contributed by atoms with Crippen LogP contribution in [0, 0.1) is 0 Å². The van der Waals surface area contributed by atoms with Gasteiger partial charge < -0.3 is 15.7 Å². The smallest absolute Gasteiger partial charge is 0.314 e. The summed E-state index contributed by atoms with van der Waals surface area (Å²) in [7, 11) is 0. The fourth-order valence-corrected chi connectivity index (χ4v) is 2.68. The van der Waals surface area contributed by atoms with Gasteiger partial charge in [0.05, 0.1) is 6.54 Å². The summed E-state index contributed by atoms with van der Waals surface area (Å²) in [6.45, 7) is 0.848. The van der Waals surface area contributed by atoms with Crippen LogP contribution in [0.5, 0.6) is 0 Å². The van der Waals surface area contributed by atoms with Crippen molar-refractivity contribution in [3.63, 3.8) is 0 Å². The summed E-state index contributed by atoms with van der Waals surface area (Å²) < 4.78 is 0. The Hall–Kier alpha value is -1.85. The minimum absolute atomic E-state index is 0.227. The van der Waals surface area contributed by atoms with E-state index in [1.165, 1.54) is 16.9 Å². The van der Waals surface area contributed by atoms with E-state index in [4.69, 9.17) is 0 Å². The number of hydrogen-bond acceptors (Lipinski definition) is 3. The summed E-state index contributed by atoms with van der Waals surface area (Å²) in [5.74, 6) is 0. The van der Waals surface area contributed by atoms with Crippen LogP contribution < -0.4 is 10.6 Å². The summed E-state index contributed by atoms with van der Waals surface area (Å²) >= 11 is 1.48. The number of aryl methyl sites for hydroxylation is 1. The summed E-state index contributed by atoms with van der Waals surface area (Å²) in [4.78, 5) is 12.5. The predicted molar refractivity (Wildman–Crippen MR) is 85.4 cm³/mol. The molecule has 0 spiro atoms. The van der Waals surface area contributed by atoms with E-state index in [0.717, 1.165) is 17.7 Å². The molecule has 1 heterocycles. The molecule has 2 aromatic rings. The van der Waals surface area contributed by atoms with Crippen LogP contribution in [0.1, 0.15) is 23.0 Å². The molecule has 4 nitrogen and oxygen atoms in total. The van der Waals surface area contributed by atoms with Crippen molar-refractivity contribution in [3.05, 3.63) is 58.3 Å². The third-order valence-electron chi connectivity index (χ3n) is 3.10. The van der Waals surface area contributed by atoms with Gasteiger partial charge in [-0.25, -0.2) is 4.79 Å². The lowest BCUT2D eigenvalue weighted by atomic mass is 10.1. The third-order valence-corrected chi connectivity index (χ3v) is 4.07. The van der Waals surface area contributed by atoms with Crippen molar-refractivity contribution in [3.8, 4) is 0 Å². The quantitative estimate of drug-likeness (QED) is 0.689. The Kier molecular flexibility index (Phi) is 6.24. The number of benzene rings is 1. The topological polar surface area (TPSA) is 61.4 Å². The molecule has 0 fully saturated rings. The van der Waals surface area contributed by atoms with Gasteiger partial charge in [-0.2, -0.15) is 0 Å². The van der Waals surface area contributed by atoms with Crippen molar-refractivity contribution >= 4 is 17.4 Å².